The highest BCUT2D eigenvalue weighted by Crippen LogP contribution is 2.29. The highest BCUT2D eigenvalue weighted by atomic mass is 79.9. The van der Waals surface area contributed by atoms with E-state index in [0.29, 0.717) is 15.1 Å². The van der Waals surface area contributed by atoms with Crippen LogP contribution in [0.5, 0.6) is 0 Å². The van der Waals surface area contributed by atoms with Crippen molar-refractivity contribution in [2.45, 2.75) is 13.0 Å². The predicted octanol–water partition coefficient (Wildman–Crippen LogP) is 4.65. The zero-order valence-electron chi connectivity index (χ0n) is 10.7. The minimum atomic E-state index is -0.950. The summed E-state index contributed by atoms with van der Waals surface area (Å²) in [6.07, 6.45) is 0. The first-order valence-corrected chi connectivity index (χ1v) is 7.15. The molecule has 0 spiro atoms. The molecule has 5 heteroatoms. The number of carbonyl (C=O) groups is 1. The molecule has 0 heterocycles. The predicted molar refractivity (Wildman–Crippen MR) is 84.3 cm³/mol. The highest BCUT2D eigenvalue weighted by molar-refractivity contribution is 9.10. The summed E-state index contributed by atoms with van der Waals surface area (Å²) in [5, 5.41) is 13.0. The SMILES string of the molecule is Cc1cccc(NC(C(=O)O)c2ccc(Cl)cc2Br)c1. The molecule has 1 unspecified atom stereocenters. The van der Waals surface area contributed by atoms with Crippen LogP contribution < -0.4 is 5.32 Å². The lowest BCUT2D eigenvalue weighted by Crippen LogP contribution is -2.21. The quantitative estimate of drug-likeness (QED) is 0.840. The van der Waals surface area contributed by atoms with Gasteiger partial charge in [-0.15, -0.1) is 0 Å². The summed E-state index contributed by atoms with van der Waals surface area (Å²) in [6, 6.07) is 11.8. The second-order valence-corrected chi connectivity index (χ2v) is 5.74. The first-order valence-electron chi connectivity index (χ1n) is 5.98. The molecule has 3 nitrogen and oxygen atoms in total. The molecule has 2 rings (SSSR count). The van der Waals surface area contributed by atoms with Crippen LogP contribution in [0.25, 0.3) is 0 Å². The van der Waals surface area contributed by atoms with Gasteiger partial charge in [-0.05, 0) is 42.3 Å². The number of carboxylic acids is 1. The largest absolute Gasteiger partial charge is 0.479 e. The highest BCUT2D eigenvalue weighted by Gasteiger charge is 2.22. The van der Waals surface area contributed by atoms with Gasteiger partial charge in [0.1, 0.15) is 0 Å². The smallest absolute Gasteiger partial charge is 0.330 e. The van der Waals surface area contributed by atoms with Gasteiger partial charge in [-0.3, -0.25) is 0 Å². The van der Waals surface area contributed by atoms with E-state index in [1.165, 1.54) is 0 Å². The monoisotopic (exact) mass is 353 g/mol. The van der Waals surface area contributed by atoms with Crippen LogP contribution >= 0.6 is 27.5 Å². The number of aliphatic carboxylic acids is 1. The van der Waals surface area contributed by atoms with Crippen LogP contribution in [-0.2, 0) is 4.79 Å². The lowest BCUT2D eigenvalue weighted by Gasteiger charge is -2.18. The van der Waals surface area contributed by atoms with Crippen molar-refractivity contribution in [3.63, 3.8) is 0 Å². The van der Waals surface area contributed by atoms with Crippen molar-refractivity contribution in [2.24, 2.45) is 0 Å². The number of benzene rings is 2. The molecule has 20 heavy (non-hydrogen) atoms. The topological polar surface area (TPSA) is 49.3 Å². The maximum Gasteiger partial charge on any atom is 0.330 e. The number of halogens is 2. The number of anilines is 1. The third kappa shape index (κ3) is 3.52. The number of nitrogens with one attached hydrogen (secondary N) is 1. The van der Waals surface area contributed by atoms with Crippen LogP contribution in [0.1, 0.15) is 17.2 Å². The molecular formula is C15H13BrClNO2. The van der Waals surface area contributed by atoms with Crippen LogP contribution in [0.2, 0.25) is 5.02 Å². The third-order valence-corrected chi connectivity index (χ3v) is 3.77. The van der Waals surface area contributed by atoms with Gasteiger partial charge in [0.25, 0.3) is 0 Å². The fourth-order valence-electron chi connectivity index (χ4n) is 1.91. The molecule has 0 fully saturated rings. The number of hydrogen-bond donors (Lipinski definition) is 2. The Hall–Kier alpha value is -1.52. The first kappa shape index (κ1) is 14.9. The molecule has 0 aliphatic rings. The Morgan fingerprint density at radius 1 is 1.30 bits per heavy atom. The molecule has 2 aromatic rings. The van der Waals surface area contributed by atoms with E-state index in [-0.39, 0.29) is 0 Å². The lowest BCUT2D eigenvalue weighted by atomic mass is 10.1. The van der Waals surface area contributed by atoms with Crippen molar-refractivity contribution >= 4 is 39.2 Å². The van der Waals surface area contributed by atoms with Crippen molar-refractivity contribution < 1.29 is 9.90 Å². The summed E-state index contributed by atoms with van der Waals surface area (Å²) >= 11 is 9.24. The van der Waals surface area contributed by atoms with Crippen LogP contribution in [-0.4, -0.2) is 11.1 Å². The second kappa shape index (κ2) is 6.29. The van der Waals surface area contributed by atoms with Crippen molar-refractivity contribution in [1.82, 2.24) is 0 Å². The fraction of sp³-hybridized carbons (Fsp3) is 0.133. The first-order chi connectivity index (χ1) is 9.47. The Morgan fingerprint density at radius 3 is 2.65 bits per heavy atom. The van der Waals surface area contributed by atoms with E-state index in [1.54, 1.807) is 18.2 Å². The lowest BCUT2D eigenvalue weighted by molar-refractivity contribution is -0.138. The van der Waals surface area contributed by atoms with Crippen LogP contribution in [0.15, 0.2) is 46.9 Å². The van der Waals surface area contributed by atoms with Crippen LogP contribution in [0.4, 0.5) is 5.69 Å². The van der Waals surface area contributed by atoms with E-state index < -0.39 is 12.0 Å². The van der Waals surface area contributed by atoms with Gasteiger partial charge < -0.3 is 10.4 Å². The Kier molecular flexibility index (Phi) is 4.68. The standard InChI is InChI=1S/C15H13BrClNO2/c1-9-3-2-4-11(7-9)18-14(15(19)20)12-6-5-10(17)8-13(12)16/h2-8,14,18H,1H3,(H,19,20). The van der Waals surface area contributed by atoms with Crippen LogP contribution in [0.3, 0.4) is 0 Å². The average Bonchev–Trinajstić information content (AvgIpc) is 2.36. The molecule has 2 aromatic carbocycles. The van der Waals surface area contributed by atoms with Crippen molar-refractivity contribution in [3.8, 4) is 0 Å². The summed E-state index contributed by atoms with van der Waals surface area (Å²) < 4.78 is 0.664. The minimum absolute atomic E-state index is 0.556. The molecule has 0 saturated carbocycles. The van der Waals surface area contributed by atoms with E-state index in [0.717, 1.165) is 11.3 Å². The van der Waals surface area contributed by atoms with Gasteiger partial charge in [0, 0.05) is 15.2 Å². The van der Waals surface area contributed by atoms with Gasteiger partial charge in [0.05, 0.1) is 0 Å². The van der Waals surface area contributed by atoms with Gasteiger partial charge in [0.15, 0.2) is 6.04 Å². The van der Waals surface area contributed by atoms with Gasteiger partial charge in [-0.2, -0.15) is 0 Å². The molecule has 0 aliphatic carbocycles. The molecule has 0 aliphatic heterocycles. The van der Waals surface area contributed by atoms with E-state index in [4.69, 9.17) is 11.6 Å². The summed E-state index contributed by atoms with van der Waals surface area (Å²) in [5.74, 6) is -0.950. The van der Waals surface area contributed by atoms with E-state index >= 15 is 0 Å². The summed E-state index contributed by atoms with van der Waals surface area (Å²) in [4.78, 5) is 11.5. The van der Waals surface area contributed by atoms with E-state index in [1.807, 2.05) is 31.2 Å². The maximum atomic E-state index is 11.5. The normalized spacial score (nSPS) is 11.9. The molecule has 0 saturated heterocycles. The molecule has 1 atom stereocenters. The molecule has 0 amide bonds. The number of hydrogen-bond acceptors (Lipinski definition) is 2. The molecule has 0 aromatic heterocycles. The Labute approximate surface area is 130 Å². The number of rotatable bonds is 4. The Balaban J connectivity index is 2.34. The van der Waals surface area contributed by atoms with Crippen molar-refractivity contribution in [3.05, 3.63) is 63.1 Å². The van der Waals surface area contributed by atoms with E-state index in [9.17, 15) is 9.90 Å². The second-order valence-electron chi connectivity index (χ2n) is 4.45. The Bertz CT molecular complexity index is 646. The van der Waals surface area contributed by atoms with Crippen molar-refractivity contribution in [2.75, 3.05) is 5.32 Å². The fourth-order valence-corrected chi connectivity index (χ4v) is 2.82. The van der Waals surface area contributed by atoms with Crippen LogP contribution in [0, 0.1) is 6.92 Å². The van der Waals surface area contributed by atoms with Crippen molar-refractivity contribution in [1.29, 1.82) is 0 Å². The van der Waals surface area contributed by atoms with Gasteiger partial charge >= 0.3 is 5.97 Å². The maximum absolute atomic E-state index is 11.5. The van der Waals surface area contributed by atoms with Gasteiger partial charge in [-0.1, -0.05) is 45.7 Å². The number of carboxylic acid groups (broad SMARTS) is 1. The summed E-state index contributed by atoms with van der Waals surface area (Å²) in [6.45, 7) is 1.96. The minimum Gasteiger partial charge on any atom is -0.479 e. The average molecular weight is 355 g/mol. The summed E-state index contributed by atoms with van der Waals surface area (Å²) in [5.41, 5.74) is 2.46. The molecule has 0 bridgehead atoms. The van der Waals surface area contributed by atoms with E-state index in [2.05, 4.69) is 21.2 Å². The van der Waals surface area contributed by atoms with Gasteiger partial charge in [-0.25, -0.2) is 4.79 Å². The zero-order valence-corrected chi connectivity index (χ0v) is 13.1. The molecule has 0 radical (unpaired) electrons. The molecule has 104 valence electrons. The molecule has 2 N–H and O–H groups in total. The molecular weight excluding hydrogens is 342 g/mol. The van der Waals surface area contributed by atoms with Gasteiger partial charge in [0.2, 0.25) is 0 Å². The third-order valence-electron chi connectivity index (χ3n) is 2.85. The summed E-state index contributed by atoms with van der Waals surface area (Å²) in [7, 11) is 0. The zero-order chi connectivity index (χ0) is 14.7. The number of aryl methyl sites for hydroxylation is 1. The Morgan fingerprint density at radius 2 is 2.05 bits per heavy atom.